The maximum atomic E-state index is 12.4. The molecule has 0 aliphatic carbocycles. The van der Waals surface area contributed by atoms with Crippen LogP contribution in [0.2, 0.25) is 0 Å². The van der Waals surface area contributed by atoms with Crippen LogP contribution in [0.4, 0.5) is 11.5 Å². The summed E-state index contributed by atoms with van der Waals surface area (Å²) in [6.45, 7) is 2.67. The molecule has 4 rings (SSSR count). The highest BCUT2D eigenvalue weighted by molar-refractivity contribution is 5.92. The summed E-state index contributed by atoms with van der Waals surface area (Å²) in [5.41, 5.74) is 3.83. The van der Waals surface area contributed by atoms with Crippen molar-refractivity contribution in [2.24, 2.45) is 0 Å². The standard InChI is InChI=1S/C23H24N4O2/c1-16-13-18-8-3-5-9-20(18)27(16)22-15-25-19(14-26-22)23(28)24-12-11-17-7-4-6-10-21(17)29-2/h3-10,14-16H,11-13H2,1-2H3,(H,24,28). The van der Waals surface area contributed by atoms with Crippen LogP contribution in [-0.4, -0.2) is 35.6 Å². The number of aromatic nitrogens is 2. The fourth-order valence-electron chi connectivity index (χ4n) is 3.79. The van der Waals surface area contributed by atoms with Crippen molar-refractivity contribution < 1.29 is 9.53 Å². The Balaban J connectivity index is 1.40. The van der Waals surface area contributed by atoms with E-state index in [1.807, 2.05) is 30.3 Å². The second-order valence-corrected chi connectivity index (χ2v) is 7.13. The Morgan fingerprint density at radius 2 is 1.93 bits per heavy atom. The number of hydrogen-bond donors (Lipinski definition) is 1. The molecule has 0 radical (unpaired) electrons. The third-order valence-corrected chi connectivity index (χ3v) is 5.20. The van der Waals surface area contributed by atoms with E-state index in [1.54, 1.807) is 19.5 Å². The van der Waals surface area contributed by atoms with Gasteiger partial charge < -0.3 is 15.0 Å². The number of anilines is 2. The monoisotopic (exact) mass is 388 g/mol. The van der Waals surface area contributed by atoms with Gasteiger partial charge in [0, 0.05) is 18.3 Å². The summed E-state index contributed by atoms with van der Waals surface area (Å²) in [6.07, 6.45) is 4.88. The Labute approximate surface area is 170 Å². The van der Waals surface area contributed by atoms with Gasteiger partial charge in [-0.2, -0.15) is 0 Å². The van der Waals surface area contributed by atoms with Gasteiger partial charge in [0.05, 0.1) is 19.5 Å². The van der Waals surface area contributed by atoms with Gasteiger partial charge in [-0.05, 0) is 43.0 Å². The lowest BCUT2D eigenvalue weighted by Crippen LogP contribution is -2.28. The van der Waals surface area contributed by atoms with Crippen molar-refractivity contribution >= 4 is 17.4 Å². The number of para-hydroxylation sites is 2. The Kier molecular flexibility index (Phi) is 5.42. The van der Waals surface area contributed by atoms with Crippen LogP contribution in [0.3, 0.4) is 0 Å². The minimum Gasteiger partial charge on any atom is -0.496 e. The highest BCUT2D eigenvalue weighted by Crippen LogP contribution is 2.36. The van der Waals surface area contributed by atoms with Crippen LogP contribution in [0, 0.1) is 0 Å². The summed E-state index contributed by atoms with van der Waals surface area (Å²) in [7, 11) is 1.65. The first-order valence-electron chi connectivity index (χ1n) is 9.76. The molecule has 1 aliphatic heterocycles. The van der Waals surface area contributed by atoms with Gasteiger partial charge in [0.25, 0.3) is 5.91 Å². The summed E-state index contributed by atoms with van der Waals surface area (Å²) in [5.74, 6) is 1.35. The Bertz CT molecular complexity index is 1000. The molecule has 1 unspecified atom stereocenters. The van der Waals surface area contributed by atoms with Crippen LogP contribution in [0.25, 0.3) is 0 Å². The Morgan fingerprint density at radius 3 is 2.72 bits per heavy atom. The Morgan fingerprint density at radius 1 is 1.14 bits per heavy atom. The van der Waals surface area contributed by atoms with Gasteiger partial charge in [-0.3, -0.25) is 4.79 Å². The lowest BCUT2D eigenvalue weighted by Gasteiger charge is -2.23. The minimum atomic E-state index is -0.228. The van der Waals surface area contributed by atoms with Crippen LogP contribution < -0.4 is 15.0 Å². The van der Waals surface area contributed by atoms with E-state index in [1.165, 1.54) is 5.56 Å². The Hall–Kier alpha value is -3.41. The molecule has 0 spiro atoms. The normalized spacial score (nSPS) is 15.1. The minimum absolute atomic E-state index is 0.228. The average molecular weight is 388 g/mol. The number of carbonyl (C=O) groups excluding carboxylic acids is 1. The van der Waals surface area contributed by atoms with E-state index in [0.29, 0.717) is 24.7 Å². The summed E-state index contributed by atoms with van der Waals surface area (Å²) in [5, 5.41) is 2.90. The van der Waals surface area contributed by atoms with Crippen LogP contribution in [-0.2, 0) is 12.8 Å². The van der Waals surface area contributed by atoms with E-state index in [9.17, 15) is 4.79 Å². The topological polar surface area (TPSA) is 67.3 Å². The number of amides is 1. The average Bonchev–Trinajstić information content (AvgIpc) is 3.09. The zero-order valence-corrected chi connectivity index (χ0v) is 16.6. The number of fused-ring (bicyclic) bond motifs is 1. The number of carbonyl (C=O) groups is 1. The molecule has 1 aliphatic rings. The zero-order valence-electron chi connectivity index (χ0n) is 16.6. The van der Waals surface area contributed by atoms with Gasteiger partial charge in [0.2, 0.25) is 0 Å². The van der Waals surface area contributed by atoms with E-state index >= 15 is 0 Å². The maximum Gasteiger partial charge on any atom is 0.271 e. The van der Waals surface area contributed by atoms with Crippen molar-refractivity contribution in [1.82, 2.24) is 15.3 Å². The maximum absolute atomic E-state index is 12.4. The molecule has 0 bridgehead atoms. The molecule has 148 valence electrons. The number of ether oxygens (including phenoxy) is 1. The molecule has 1 aromatic heterocycles. The lowest BCUT2D eigenvalue weighted by molar-refractivity contribution is 0.0948. The second kappa shape index (κ2) is 8.31. The molecule has 1 amide bonds. The molecule has 3 aromatic rings. The number of nitrogens with zero attached hydrogens (tertiary/aromatic N) is 3. The van der Waals surface area contributed by atoms with Gasteiger partial charge in [0.1, 0.15) is 11.4 Å². The molecule has 29 heavy (non-hydrogen) atoms. The van der Waals surface area contributed by atoms with Gasteiger partial charge >= 0.3 is 0 Å². The highest BCUT2D eigenvalue weighted by Gasteiger charge is 2.27. The van der Waals surface area contributed by atoms with Gasteiger partial charge in [-0.15, -0.1) is 0 Å². The van der Waals surface area contributed by atoms with Crippen LogP contribution >= 0.6 is 0 Å². The molecule has 0 fully saturated rings. The largest absolute Gasteiger partial charge is 0.496 e. The van der Waals surface area contributed by atoms with E-state index in [2.05, 4.69) is 45.3 Å². The fourth-order valence-corrected chi connectivity index (χ4v) is 3.79. The van der Waals surface area contributed by atoms with E-state index < -0.39 is 0 Å². The first-order chi connectivity index (χ1) is 14.2. The number of nitrogens with one attached hydrogen (secondary N) is 1. The SMILES string of the molecule is COc1ccccc1CCNC(=O)c1cnc(N2c3ccccc3CC2C)cn1. The predicted molar refractivity (Wildman–Crippen MR) is 113 cm³/mol. The van der Waals surface area contributed by atoms with Crippen molar-refractivity contribution in [2.45, 2.75) is 25.8 Å². The molecule has 0 saturated heterocycles. The molecular formula is C23H24N4O2. The van der Waals surface area contributed by atoms with Crippen molar-refractivity contribution in [3.05, 3.63) is 77.7 Å². The third kappa shape index (κ3) is 3.92. The van der Waals surface area contributed by atoms with Crippen molar-refractivity contribution in [1.29, 1.82) is 0 Å². The van der Waals surface area contributed by atoms with Gasteiger partial charge in [-0.25, -0.2) is 9.97 Å². The highest BCUT2D eigenvalue weighted by atomic mass is 16.5. The van der Waals surface area contributed by atoms with Gasteiger partial charge in [0.15, 0.2) is 5.82 Å². The van der Waals surface area contributed by atoms with Crippen molar-refractivity contribution in [3.8, 4) is 5.75 Å². The molecular weight excluding hydrogens is 364 g/mol. The number of benzene rings is 2. The molecule has 2 heterocycles. The number of rotatable bonds is 6. The first kappa shape index (κ1) is 18.9. The molecule has 1 atom stereocenters. The van der Waals surface area contributed by atoms with Crippen LogP contribution in [0.5, 0.6) is 5.75 Å². The quantitative estimate of drug-likeness (QED) is 0.700. The number of methoxy groups -OCH3 is 1. The first-order valence-corrected chi connectivity index (χ1v) is 9.76. The van der Waals surface area contributed by atoms with Gasteiger partial charge in [-0.1, -0.05) is 36.4 Å². The third-order valence-electron chi connectivity index (χ3n) is 5.20. The van der Waals surface area contributed by atoms with Crippen LogP contribution in [0.15, 0.2) is 60.9 Å². The summed E-state index contributed by atoms with van der Waals surface area (Å²) < 4.78 is 5.34. The predicted octanol–water partition coefficient (Wildman–Crippen LogP) is 3.54. The zero-order chi connectivity index (χ0) is 20.2. The smallest absolute Gasteiger partial charge is 0.271 e. The van der Waals surface area contributed by atoms with Crippen molar-refractivity contribution in [2.75, 3.05) is 18.6 Å². The molecule has 1 N–H and O–H groups in total. The molecule has 6 nitrogen and oxygen atoms in total. The summed E-state index contributed by atoms with van der Waals surface area (Å²) in [4.78, 5) is 23.5. The van der Waals surface area contributed by atoms with Crippen molar-refractivity contribution in [3.63, 3.8) is 0 Å². The van der Waals surface area contributed by atoms with E-state index in [4.69, 9.17) is 4.74 Å². The summed E-state index contributed by atoms with van der Waals surface area (Å²) in [6, 6.07) is 16.4. The fraction of sp³-hybridized carbons (Fsp3) is 0.261. The second-order valence-electron chi connectivity index (χ2n) is 7.13. The number of hydrogen-bond acceptors (Lipinski definition) is 5. The molecule has 0 saturated carbocycles. The summed E-state index contributed by atoms with van der Waals surface area (Å²) >= 11 is 0. The van der Waals surface area contributed by atoms with E-state index in [-0.39, 0.29) is 5.91 Å². The molecule has 2 aromatic carbocycles. The molecule has 6 heteroatoms. The van der Waals surface area contributed by atoms with Crippen LogP contribution in [0.1, 0.15) is 28.5 Å². The van der Waals surface area contributed by atoms with E-state index in [0.717, 1.165) is 29.2 Å². The lowest BCUT2D eigenvalue weighted by atomic mass is 10.1.